The van der Waals surface area contributed by atoms with Gasteiger partial charge in [0.2, 0.25) is 0 Å². The lowest BCUT2D eigenvalue weighted by Gasteiger charge is -2.32. The smallest absolute Gasteiger partial charge is 0.399 e. The number of anilines is 1. The third-order valence-corrected chi connectivity index (χ3v) is 7.38. The summed E-state index contributed by atoms with van der Waals surface area (Å²) in [6.45, 7) is 9.16. The van der Waals surface area contributed by atoms with E-state index in [1.165, 1.54) is 11.8 Å². The molecule has 0 aliphatic carbocycles. The molecule has 1 aliphatic heterocycles. The Bertz CT molecular complexity index is 1150. The molecule has 1 amide bonds. The van der Waals surface area contributed by atoms with Gasteiger partial charge in [0.05, 0.1) is 30.0 Å². The van der Waals surface area contributed by atoms with Gasteiger partial charge in [-0.05, 0) is 74.8 Å². The highest BCUT2D eigenvalue weighted by Gasteiger charge is 2.51. The summed E-state index contributed by atoms with van der Waals surface area (Å²) in [5, 5.41) is 3.02. The average Bonchev–Trinajstić information content (AvgIpc) is 3.07. The van der Waals surface area contributed by atoms with Gasteiger partial charge in [0.25, 0.3) is 5.91 Å². The molecule has 4 rings (SSSR count). The molecule has 0 radical (unpaired) electrons. The van der Waals surface area contributed by atoms with Crippen LogP contribution in [0.3, 0.4) is 0 Å². The number of carbonyl (C=O) groups is 1. The Morgan fingerprint density at radius 2 is 1.49 bits per heavy atom. The van der Waals surface area contributed by atoms with Crippen LogP contribution in [0.25, 0.3) is 0 Å². The number of carbonyl (C=O) groups excluding carboxylic acids is 1. The predicted molar refractivity (Wildman–Crippen MR) is 143 cm³/mol. The van der Waals surface area contributed by atoms with Crippen LogP contribution < -0.4 is 10.8 Å². The predicted octanol–water partition coefficient (Wildman–Crippen LogP) is 5.68. The van der Waals surface area contributed by atoms with Crippen LogP contribution in [-0.4, -0.2) is 30.5 Å². The highest BCUT2D eigenvalue weighted by molar-refractivity contribution is 7.98. The van der Waals surface area contributed by atoms with Crippen LogP contribution in [0.1, 0.15) is 49.2 Å². The van der Waals surface area contributed by atoms with Crippen molar-refractivity contribution in [3.8, 4) is 0 Å². The Labute approximate surface area is 212 Å². The number of thioether (sulfide) groups is 1. The maximum absolute atomic E-state index is 13.2. The number of benzene rings is 3. The molecule has 1 heterocycles. The van der Waals surface area contributed by atoms with Crippen molar-refractivity contribution in [1.29, 1.82) is 0 Å². The highest BCUT2D eigenvalue weighted by Crippen LogP contribution is 2.36. The number of hydrogen-bond acceptors (Lipinski definition) is 5. The zero-order chi connectivity index (χ0) is 25.1. The van der Waals surface area contributed by atoms with Crippen molar-refractivity contribution in [2.45, 2.75) is 57.0 Å². The molecule has 0 aromatic heterocycles. The van der Waals surface area contributed by atoms with Gasteiger partial charge in [-0.25, -0.2) is 0 Å². The fraction of sp³-hybridized carbons (Fsp3) is 0.321. The molecule has 0 bridgehead atoms. The molecular weight excluding hydrogens is 457 g/mol. The topological polar surface area (TPSA) is 56.8 Å². The van der Waals surface area contributed by atoms with Crippen LogP contribution in [0, 0.1) is 0 Å². The molecule has 5 nitrogen and oxygen atoms in total. The van der Waals surface area contributed by atoms with Gasteiger partial charge in [0.1, 0.15) is 0 Å². The summed E-state index contributed by atoms with van der Waals surface area (Å²) in [6.07, 6.45) is 1.96. The van der Waals surface area contributed by atoms with Crippen LogP contribution in [0.15, 0.2) is 77.7 Å². The van der Waals surface area contributed by atoms with E-state index in [-0.39, 0.29) is 5.91 Å². The van der Waals surface area contributed by atoms with E-state index in [0.29, 0.717) is 18.8 Å². The summed E-state index contributed by atoms with van der Waals surface area (Å²) < 4.78 is 18.2. The second kappa shape index (κ2) is 10.6. The average molecular weight is 489 g/mol. The minimum atomic E-state index is -0.516. The molecule has 1 aliphatic rings. The van der Waals surface area contributed by atoms with E-state index >= 15 is 0 Å². The van der Waals surface area contributed by atoms with Crippen LogP contribution in [0.5, 0.6) is 0 Å². The van der Waals surface area contributed by atoms with E-state index < -0.39 is 18.3 Å². The Morgan fingerprint density at radius 3 is 2.09 bits per heavy atom. The van der Waals surface area contributed by atoms with Gasteiger partial charge in [0.15, 0.2) is 0 Å². The Hall–Kier alpha value is -2.58. The number of amides is 1. The summed E-state index contributed by atoms with van der Waals surface area (Å²) in [7, 11) is -0.516. The Kier molecular flexibility index (Phi) is 7.72. The maximum atomic E-state index is 13.2. The van der Waals surface area contributed by atoms with E-state index in [4.69, 9.17) is 14.0 Å². The Morgan fingerprint density at radius 1 is 0.886 bits per heavy atom. The van der Waals surface area contributed by atoms with E-state index in [1.807, 2.05) is 107 Å². The summed E-state index contributed by atoms with van der Waals surface area (Å²) in [5.41, 5.74) is 3.47. The molecule has 1 fully saturated rings. The van der Waals surface area contributed by atoms with Gasteiger partial charge < -0.3 is 19.4 Å². The normalized spacial score (nSPS) is 16.3. The zero-order valence-corrected chi connectivity index (χ0v) is 21.8. The lowest BCUT2D eigenvalue weighted by atomic mass is 9.78. The van der Waals surface area contributed by atoms with E-state index in [2.05, 4.69) is 5.32 Å². The molecular formula is C28H32BNO4S. The number of rotatable bonds is 8. The largest absolute Gasteiger partial charge is 0.494 e. The quantitative estimate of drug-likeness (QED) is 0.326. The minimum Gasteiger partial charge on any atom is -0.399 e. The fourth-order valence-corrected chi connectivity index (χ4v) is 4.35. The van der Waals surface area contributed by atoms with Gasteiger partial charge >= 0.3 is 7.12 Å². The summed E-state index contributed by atoms with van der Waals surface area (Å²) in [4.78, 5) is 14.1. The van der Waals surface area contributed by atoms with Crippen LogP contribution >= 0.6 is 11.8 Å². The van der Waals surface area contributed by atoms with Crippen molar-refractivity contribution in [3.05, 3.63) is 89.5 Å². The third kappa shape index (κ3) is 5.99. The van der Waals surface area contributed by atoms with Gasteiger partial charge in [0, 0.05) is 10.6 Å². The first kappa shape index (κ1) is 25.5. The lowest BCUT2D eigenvalue weighted by molar-refractivity contribution is 0.00578. The Balaban J connectivity index is 1.41. The number of hydrogen-bond donors (Lipinski definition) is 1. The zero-order valence-electron chi connectivity index (χ0n) is 21.0. The molecule has 7 heteroatoms. The van der Waals surface area contributed by atoms with Crippen LogP contribution in [0.2, 0.25) is 0 Å². The van der Waals surface area contributed by atoms with Crippen molar-refractivity contribution in [2.24, 2.45) is 0 Å². The molecule has 3 aromatic carbocycles. The van der Waals surface area contributed by atoms with E-state index in [0.717, 1.165) is 27.2 Å². The van der Waals surface area contributed by atoms with Crippen LogP contribution in [0.4, 0.5) is 5.69 Å². The van der Waals surface area contributed by atoms with Crippen molar-refractivity contribution in [3.63, 3.8) is 0 Å². The lowest BCUT2D eigenvalue weighted by Crippen LogP contribution is -2.41. The standard InChI is InChI=1S/C28H32BNO4S/c1-27(2)28(3,4)34-29(33-27)22-13-16-25(35-5)24(17-22)26(31)30-23-14-11-21(12-15-23)19-32-18-20-9-7-6-8-10-20/h6-17H,18-19H2,1-5H3,(H,30,31). The molecule has 182 valence electrons. The monoisotopic (exact) mass is 489 g/mol. The third-order valence-electron chi connectivity index (χ3n) is 6.59. The van der Waals surface area contributed by atoms with E-state index in [1.54, 1.807) is 0 Å². The van der Waals surface area contributed by atoms with Gasteiger partial charge in [-0.2, -0.15) is 0 Å². The molecule has 0 unspecified atom stereocenters. The highest BCUT2D eigenvalue weighted by atomic mass is 32.2. The maximum Gasteiger partial charge on any atom is 0.494 e. The van der Waals surface area contributed by atoms with Crippen molar-refractivity contribution in [1.82, 2.24) is 0 Å². The van der Waals surface area contributed by atoms with Crippen molar-refractivity contribution < 1.29 is 18.8 Å². The van der Waals surface area contributed by atoms with Gasteiger partial charge in [-0.1, -0.05) is 48.5 Å². The van der Waals surface area contributed by atoms with Crippen LogP contribution in [-0.2, 0) is 27.3 Å². The fourth-order valence-electron chi connectivity index (χ4n) is 3.77. The first-order valence-electron chi connectivity index (χ1n) is 11.7. The molecule has 35 heavy (non-hydrogen) atoms. The minimum absolute atomic E-state index is 0.166. The molecule has 0 spiro atoms. The molecule has 3 aromatic rings. The summed E-state index contributed by atoms with van der Waals surface area (Å²) in [5.74, 6) is -0.166. The summed E-state index contributed by atoms with van der Waals surface area (Å²) >= 11 is 1.54. The first-order valence-corrected chi connectivity index (χ1v) is 13.0. The van der Waals surface area contributed by atoms with Gasteiger partial charge in [-0.15, -0.1) is 11.8 Å². The molecule has 1 saturated heterocycles. The molecule has 0 atom stereocenters. The second-order valence-electron chi connectivity index (χ2n) is 9.68. The SMILES string of the molecule is CSc1ccc(B2OC(C)(C)C(C)(C)O2)cc1C(=O)Nc1ccc(COCc2ccccc2)cc1. The second-order valence-corrected chi connectivity index (χ2v) is 10.5. The van der Waals surface area contributed by atoms with Crippen molar-refractivity contribution in [2.75, 3.05) is 11.6 Å². The molecule has 0 saturated carbocycles. The number of ether oxygens (including phenoxy) is 1. The first-order chi connectivity index (χ1) is 16.7. The van der Waals surface area contributed by atoms with Crippen molar-refractivity contribution >= 4 is 35.9 Å². The van der Waals surface area contributed by atoms with Gasteiger partial charge in [-0.3, -0.25) is 4.79 Å². The molecule has 1 N–H and O–H groups in total. The van der Waals surface area contributed by atoms with E-state index in [9.17, 15) is 4.79 Å². The summed E-state index contributed by atoms with van der Waals surface area (Å²) in [6, 6.07) is 23.6. The number of nitrogens with one attached hydrogen (secondary N) is 1.